The number of likely N-dealkylation sites (tertiary alicyclic amines) is 1. The molecular formula is C14H25N3. The van der Waals surface area contributed by atoms with Gasteiger partial charge >= 0.3 is 0 Å². The summed E-state index contributed by atoms with van der Waals surface area (Å²) in [4.78, 5) is 2.46. The Morgan fingerprint density at radius 3 is 2.41 bits per heavy atom. The maximum Gasteiger partial charge on any atom is 0.116 e. The van der Waals surface area contributed by atoms with Crippen LogP contribution in [0.2, 0.25) is 0 Å². The van der Waals surface area contributed by atoms with Gasteiger partial charge in [0.2, 0.25) is 0 Å². The fraction of sp³-hybridized carbons (Fsp3) is 0.929. The van der Waals surface area contributed by atoms with E-state index in [1.165, 1.54) is 45.2 Å². The van der Waals surface area contributed by atoms with Crippen molar-refractivity contribution in [2.24, 2.45) is 5.92 Å². The van der Waals surface area contributed by atoms with Crippen LogP contribution in [0.3, 0.4) is 0 Å². The summed E-state index contributed by atoms with van der Waals surface area (Å²) >= 11 is 0. The van der Waals surface area contributed by atoms with Gasteiger partial charge in [0, 0.05) is 12.6 Å². The number of piperidine rings is 1. The zero-order valence-electron chi connectivity index (χ0n) is 11.2. The molecule has 1 saturated heterocycles. The molecular weight excluding hydrogens is 210 g/mol. The molecule has 0 aromatic rings. The summed E-state index contributed by atoms with van der Waals surface area (Å²) in [5.74, 6) is 0.913. The average molecular weight is 235 g/mol. The van der Waals surface area contributed by atoms with Gasteiger partial charge in [0.1, 0.15) is 5.54 Å². The largest absolute Gasteiger partial charge is 0.300 e. The van der Waals surface area contributed by atoms with Crippen LogP contribution in [0.4, 0.5) is 0 Å². The molecule has 96 valence electrons. The predicted molar refractivity (Wildman–Crippen MR) is 69.6 cm³/mol. The van der Waals surface area contributed by atoms with Crippen LogP contribution < -0.4 is 5.32 Å². The molecule has 1 saturated carbocycles. The molecule has 3 nitrogen and oxygen atoms in total. The quantitative estimate of drug-likeness (QED) is 0.793. The molecule has 0 aromatic heterocycles. The molecule has 0 amide bonds. The average Bonchev–Trinajstić information content (AvgIpc) is 3.14. The summed E-state index contributed by atoms with van der Waals surface area (Å²) in [6, 6.07) is 3.07. The standard InChI is InChI=1S/C14H25N3/c1-3-12-6-8-17(9-7-12)11-14(2,10-15)16-13-4-5-13/h12-13,16H,3-9,11H2,1-2H3. The van der Waals surface area contributed by atoms with E-state index in [2.05, 4.69) is 30.1 Å². The zero-order chi connectivity index (χ0) is 12.3. The minimum atomic E-state index is -0.347. The van der Waals surface area contributed by atoms with Crippen LogP contribution in [0.1, 0.15) is 46.0 Å². The third kappa shape index (κ3) is 3.69. The molecule has 17 heavy (non-hydrogen) atoms. The molecule has 2 aliphatic rings. The van der Waals surface area contributed by atoms with Crippen molar-refractivity contribution in [2.75, 3.05) is 19.6 Å². The van der Waals surface area contributed by atoms with Crippen LogP contribution in [0.15, 0.2) is 0 Å². The maximum atomic E-state index is 9.35. The molecule has 1 heterocycles. The Bertz CT molecular complexity index is 284. The second-order valence-electron chi connectivity index (χ2n) is 5.99. The molecule has 1 unspecified atom stereocenters. The molecule has 0 spiro atoms. The van der Waals surface area contributed by atoms with Crippen LogP contribution in [0, 0.1) is 17.2 Å². The van der Waals surface area contributed by atoms with Crippen molar-refractivity contribution in [3.8, 4) is 6.07 Å². The van der Waals surface area contributed by atoms with E-state index in [-0.39, 0.29) is 5.54 Å². The summed E-state index contributed by atoms with van der Waals surface area (Å²) in [5.41, 5.74) is -0.347. The van der Waals surface area contributed by atoms with Crippen LogP contribution in [-0.4, -0.2) is 36.1 Å². The fourth-order valence-electron chi connectivity index (χ4n) is 2.79. The third-order valence-corrected chi connectivity index (χ3v) is 4.17. The molecule has 0 aromatic carbocycles. The fourth-order valence-corrected chi connectivity index (χ4v) is 2.79. The van der Waals surface area contributed by atoms with Crippen molar-refractivity contribution in [3.05, 3.63) is 0 Å². The SMILES string of the molecule is CCC1CCN(CC(C)(C#N)NC2CC2)CC1. The summed E-state index contributed by atoms with van der Waals surface area (Å²) in [6.07, 6.45) is 6.41. The first-order valence-corrected chi connectivity index (χ1v) is 7.06. The van der Waals surface area contributed by atoms with E-state index in [0.717, 1.165) is 12.5 Å². The van der Waals surface area contributed by atoms with Crippen molar-refractivity contribution < 1.29 is 0 Å². The molecule has 3 heteroatoms. The molecule has 1 aliphatic heterocycles. The Morgan fingerprint density at radius 1 is 1.29 bits per heavy atom. The van der Waals surface area contributed by atoms with Crippen molar-refractivity contribution >= 4 is 0 Å². The Hall–Kier alpha value is -0.590. The van der Waals surface area contributed by atoms with Crippen LogP contribution >= 0.6 is 0 Å². The van der Waals surface area contributed by atoms with Gasteiger partial charge < -0.3 is 4.90 Å². The van der Waals surface area contributed by atoms with Gasteiger partial charge in [-0.1, -0.05) is 13.3 Å². The predicted octanol–water partition coefficient (Wildman–Crippen LogP) is 2.14. The Balaban J connectivity index is 1.80. The number of nitriles is 1. The number of hydrogen-bond acceptors (Lipinski definition) is 3. The Kier molecular flexibility index (Phi) is 4.06. The molecule has 0 radical (unpaired) electrons. The molecule has 1 atom stereocenters. The van der Waals surface area contributed by atoms with Crippen LogP contribution in [0.5, 0.6) is 0 Å². The molecule has 2 rings (SSSR count). The first-order valence-electron chi connectivity index (χ1n) is 7.06. The molecule has 1 N–H and O–H groups in total. The first kappa shape index (κ1) is 12.9. The normalized spacial score (nSPS) is 26.4. The highest BCUT2D eigenvalue weighted by Gasteiger charge is 2.34. The lowest BCUT2D eigenvalue weighted by molar-refractivity contribution is 0.153. The molecule has 0 bridgehead atoms. The summed E-state index contributed by atoms with van der Waals surface area (Å²) in [7, 11) is 0. The minimum Gasteiger partial charge on any atom is -0.300 e. The van der Waals surface area contributed by atoms with Gasteiger partial charge in [-0.05, 0) is 51.6 Å². The maximum absolute atomic E-state index is 9.35. The zero-order valence-corrected chi connectivity index (χ0v) is 11.2. The Labute approximate surface area is 105 Å². The highest BCUT2D eigenvalue weighted by atomic mass is 15.2. The van der Waals surface area contributed by atoms with Gasteiger partial charge in [-0.2, -0.15) is 5.26 Å². The van der Waals surface area contributed by atoms with Gasteiger partial charge in [-0.25, -0.2) is 0 Å². The second kappa shape index (κ2) is 5.37. The number of hydrogen-bond donors (Lipinski definition) is 1. The number of rotatable bonds is 5. The van der Waals surface area contributed by atoms with E-state index < -0.39 is 0 Å². The van der Waals surface area contributed by atoms with Crippen molar-refractivity contribution in [1.82, 2.24) is 10.2 Å². The summed E-state index contributed by atoms with van der Waals surface area (Å²) < 4.78 is 0. The topological polar surface area (TPSA) is 39.1 Å². The van der Waals surface area contributed by atoms with Crippen molar-refractivity contribution in [2.45, 2.75) is 57.5 Å². The molecule has 1 aliphatic carbocycles. The second-order valence-corrected chi connectivity index (χ2v) is 5.99. The summed E-state index contributed by atoms with van der Waals surface area (Å²) in [5, 5.41) is 12.8. The van der Waals surface area contributed by atoms with Crippen LogP contribution in [0.25, 0.3) is 0 Å². The molecule has 2 fully saturated rings. The van der Waals surface area contributed by atoms with E-state index in [0.29, 0.717) is 6.04 Å². The lowest BCUT2D eigenvalue weighted by Gasteiger charge is -2.36. The van der Waals surface area contributed by atoms with E-state index in [1.807, 2.05) is 0 Å². The van der Waals surface area contributed by atoms with Gasteiger partial charge in [0.25, 0.3) is 0 Å². The summed E-state index contributed by atoms with van der Waals surface area (Å²) in [6.45, 7) is 7.56. The van der Waals surface area contributed by atoms with E-state index in [1.54, 1.807) is 0 Å². The lowest BCUT2D eigenvalue weighted by atomic mass is 9.93. The first-order chi connectivity index (χ1) is 8.15. The monoisotopic (exact) mass is 235 g/mol. The van der Waals surface area contributed by atoms with Gasteiger partial charge in [-0.15, -0.1) is 0 Å². The van der Waals surface area contributed by atoms with Crippen LogP contribution in [-0.2, 0) is 0 Å². The van der Waals surface area contributed by atoms with Gasteiger partial charge in [0.05, 0.1) is 6.07 Å². The van der Waals surface area contributed by atoms with E-state index in [4.69, 9.17) is 0 Å². The third-order valence-electron chi connectivity index (χ3n) is 4.17. The number of nitrogens with one attached hydrogen (secondary N) is 1. The number of nitrogens with zero attached hydrogens (tertiary/aromatic N) is 2. The van der Waals surface area contributed by atoms with Gasteiger partial charge in [0.15, 0.2) is 0 Å². The smallest absolute Gasteiger partial charge is 0.116 e. The Morgan fingerprint density at radius 2 is 1.94 bits per heavy atom. The highest BCUT2D eigenvalue weighted by molar-refractivity contribution is 5.09. The highest BCUT2D eigenvalue weighted by Crippen LogP contribution is 2.25. The van der Waals surface area contributed by atoms with Crippen molar-refractivity contribution in [1.29, 1.82) is 5.26 Å². The van der Waals surface area contributed by atoms with Gasteiger partial charge in [-0.3, -0.25) is 5.32 Å². The minimum absolute atomic E-state index is 0.347. The lowest BCUT2D eigenvalue weighted by Crippen LogP contribution is -2.52. The van der Waals surface area contributed by atoms with Crippen molar-refractivity contribution in [3.63, 3.8) is 0 Å². The van der Waals surface area contributed by atoms with E-state index >= 15 is 0 Å². The van der Waals surface area contributed by atoms with E-state index in [9.17, 15) is 5.26 Å².